The number of methoxy groups -OCH3 is 1. The molecule has 2 aliphatic rings. The first kappa shape index (κ1) is 53.4. The van der Waals surface area contributed by atoms with Crippen LogP contribution in [0, 0.1) is 6.92 Å². The van der Waals surface area contributed by atoms with Crippen molar-refractivity contribution in [2.45, 2.75) is 71.1 Å². The maximum Gasteiger partial charge on any atom is 0.220 e. The van der Waals surface area contributed by atoms with Crippen LogP contribution in [0.5, 0.6) is 0 Å². The molecule has 4 rings (SSSR count). The van der Waals surface area contributed by atoms with Gasteiger partial charge in [-0.1, -0.05) is 37.6 Å². The van der Waals surface area contributed by atoms with Gasteiger partial charge in [-0.25, -0.2) is 0 Å². The van der Waals surface area contributed by atoms with Gasteiger partial charge in [0.05, 0.1) is 144 Å². The van der Waals surface area contributed by atoms with Crippen LogP contribution in [0.1, 0.15) is 75.6 Å². The first-order valence-electron chi connectivity index (χ1n) is 23.0. The van der Waals surface area contributed by atoms with Gasteiger partial charge in [-0.2, -0.15) is 0 Å². The van der Waals surface area contributed by atoms with E-state index in [9.17, 15) is 9.59 Å². The van der Waals surface area contributed by atoms with Crippen molar-refractivity contribution in [2.24, 2.45) is 4.99 Å². The lowest BCUT2D eigenvalue weighted by Crippen LogP contribution is -2.32. The number of nitrogens with one attached hydrogen (secondary N) is 1. The Balaban J connectivity index is 0.949. The number of Topliss-reactive ketones (excluding diaryl/α,β-unsaturated/α-hetero) is 1. The third-order valence-corrected chi connectivity index (χ3v) is 11.5. The molecule has 0 bridgehead atoms. The van der Waals surface area contributed by atoms with Crippen molar-refractivity contribution in [1.82, 2.24) is 5.32 Å². The monoisotopic (exact) mass is 901 g/mol. The first-order valence-corrected chi connectivity index (χ1v) is 23.0. The second kappa shape index (κ2) is 30.2. The summed E-state index contributed by atoms with van der Waals surface area (Å²) in [5.74, 6) is 0.108. The topological polar surface area (TPSA) is 160 Å². The van der Waals surface area contributed by atoms with Crippen LogP contribution in [0.25, 0.3) is 11.1 Å². The van der Waals surface area contributed by atoms with Crippen molar-refractivity contribution in [3.8, 4) is 11.1 Å². The van der Waals surface area contributed by atoms with Gasteiger partial charge < -0.3 is 62.2 Å². The van der Waals surface area contributed by atoms with Crippen LogP contribution >= 0.6 is 0 Å². The third kappa shape index (κ3) is 17.9. The Morgan fingerprint density at radius 2 is 0.953 bits per heavy atom. The van der Waals surface area contributed by atoms with E-state index in [0.717, 1.165) is 17.0 Å². The van der Waals surface area contributed by atoms with Crippen molar-refractivity contribution in [3.05, 3.63) is 52.6 Å². The van der Waals surface area contributed by atoms with Crippen LogP contribution in [-0.4, -0.2) is 170 Å². The molecule has 0 aromatic heterocycles. The first-order chi connectivity index (χ1) is 31.1. The van der Waals surface area contributed by atoms with Crippen LogP contribution in [0.3, 0.4) is 0 Å². The van der Waals surface area contributed by atoms with Gasteiger partial charge in [0.2, 0.25) is 5.91 Å². The summed E-state index contributed by atoms with van der Waals surface area (Å²) in [7, 11) is 1.64. The minimum Gasteiger partial charge on any atom is -0.382 e. The average molecular weight is 901 g/mol. The maximum atomic E-state index is 13.2. The van der Waals surface area contributed by atoms with E-state index in [1.807, 2.05) is 0 Å². The molecule has 15 nitrogen and oxygen atoms in total. The van der Waals surface area contributed by atoms with Gasteiger partial charge in [-0.15, -0.1) is 0 Å². The van der Waals surface area contributed by atoms with Crippen LogP contribution < -0.4 is 5.32 Å². The van der Waals surface area contributed by atoms with E-state index < -0.39 is 5.41 Å². The molecule has 1 N–H and O–H groups in total. The number of carbonyl (C=O) groups excluding carboxylic acids is 2. The molecule has 0 fully saturated rings. The van der Waals surface area contributed by atoms with Crippen LogP contribution in [0.2, 0.25) is 0 Å². The van der Waals surface area contributed by atoms with E-state index >= 15 is 0 Å². The zero-order valence-corrected chi connectivity index (χ0v) is 39.5. The highest BCUT2D eigenvalue weighted by molar-refractivity contribution is 6.01. The number of nitrogens with zero attached hydrogens (tertiary/aromatic N) is 1. The Morgan fingerprint density at radius 1 is 0.531 bits per heavy atom. The highest BCUT2D eigenvalue weighted by Crippen LogP contribution is 2.57. The summed E-state index contributed by atoms with van der Waals surface area (Å²) in [5, 5.41) is 3.03. The number of rotatable bonds is 39. The Kier molecular flexibility index (Phi) is 25.2. The molecule has 1 aliphatic heterocycles. The van der Waals surface area contributed by atoms with Crippen LogP contribution in [0.4, 0.5) is 5.69 Å². The lowest BCUT2D eigenvalue weighted by atomic mass is 9.70. The van der Waals surface area contributed by atoms with Gasteiger partial charge in [0.1, 0.15) is 5.78 Å². The molecule has 0 spiro atoms. The second-order valence-electron chi connectivity index (χ2n) is 16.5. The van der Waals surface area contributed by atoms with Crippen molar-refractivity contribution < 1.29 is 61.7 Å². The molecule has 1 heterocycles. The lowest BCUT2D eigenvalue weighted by molar-refractivity contribution is -0.121. The molecule has 2 aromatic rings. The minimum absolute atomic E-state index is 0.0360. The highest BCUT2D eigenvalue weighted by atomic mass is 16.6. The highest BCUT2D eigenvalue weighted by Gasteiger charge is 2.45. The number of aliphatic imine (C=N–C) groups is 1. The minimum atomic E-state index is -0.464. The van der Waals surface area contributed by atoms with Crippen molar-refractivity contribution in [1.29, 1.82) is 0 Å². The average Bonchev–Trinajstić information content (AvgIpc) is 3.66. The molecule has 1 unspecified atom stereocenters. The molecular formula is C49H76N2O13. The maximum absolute atomic E-state index is 13.2. The summed E-state index contributed by atoms with van der Waals surface area (Å²) in [6, 6.07) is 11.1. The number of fused-ring (bicyclic) bond motifs is 4. The number of hydrogen-bond acceptors (Lipinski definition) is 14. The number of ether oxygens (including phenoxy) is 11. The summed E-state index contributed by atoms with van der Waals surface area (Å²) in [6.07, 6.45) is 2.00. The fourth-order valence-corrected chi connectivity index (χ4v) is 7.70. The van der Waals surface area contributed by atoms with E-state index in [-0.39, 0.29) is 17.1 Å². The third-order valence-electron chi connectivity index (χ3n) is 11.5. The quantitative estimate of drug-likeness (QED) is 0.0813. The molecule has 360 valence electrons. The largest absolute Gasteiger partial charge is 0.382 e. The number of amides is 1. The zero-order chi connectivity index (χ0) is 45.9. The second-order valence-corrected chi connectivity index (χ2v) is 16.5. The van der Waals surface area contributed by atoms with E-state index in [2.05, 4.69) is 63.3 Å². The standard InChI is InChI=1S/C49H76N2O13/c1-38-7-8-41-42-36-45-46(51-40(3)48(45,4)5)37-44(42)49(43(41)35-38,11-9-39(2)52)12-10-47(53)50-13-14-55-17-18-57-21-22-59-25-26-61-29-30-63-33-34-64-32-31-62-28-27-60-24-23-58-20-19-56-16-15-54-6/h7-8,35-37H,9-34H2,1-6H3,(H,50,53). The fourth-order valence-electron chi connectivity index (χ4n) is 7.70. The van der Waals surface area contributed by atoms with E-state index in [0.29, 0.717) is 171 Å². The molecule has 0 saturated heterocycles. The van der Waals surface area contributed by atoms with Crippen LogP contribution in [-0.2, 0) is 72.5 Å². The Hall–Kier alpha value is -3.19. The van der Waals surface area contributed by atoms with Gasteiger partial charge >= 0.3 is 0 Å². The number of carbonyl (C=O) groups is 2. The summed E-state index contributed by atoms with van der Waals surface area (Å²) >= 11 is 0. The fraction of sp³-hybridized carbons (Fsp3) is 0.694. The molecule has 0 saturated carbocycles. The van der Waals surface area contributed by atoms with E-state index in [4.69, 9.17) is 57.1 Å². The molecule has 1 atom stereocenters. The van der Waals surface area contributed by atoms with Gasteiger partial charge in [0, 0.05) is 43.0 Å². The predicted octanol–water partition coefficient (Wildman–Crippen LogP) is 5.72. The SMILES string of the molecule is COCCOCCOCCOCCOCCOCCOCCOCCOCCOCCOCCNC(=O)CCC1(CCC(C)=O)c2cc(C)ccc2-c2cc3c(cc21)N=C(C)C3(C)C. The van der Waals surface area contributed by atoms with Crippen molar-refractivity contribution >= 4 is 23.1 Å². The predicted molar refractivity (Wildman–Crippen MR) is 245 cm³/mol. The Labute approximate surface area is 381 Å². The normalized spacial score (nSPS) is 15.9. The van der Waals surface area contributed by atoms with Crippen LogP contribution in [0.15, 0.2) is 35.3 Å². The molecule has 64 heavy (non-hydrogen) atoms. The lowest BCUT2D eigenvalue weighted by Gasteiger charge is -2.33. The Bertz CT molecular complexity index is 1700. The molecule has 15 heteroatoms. The van der Waals surface area contributed by atoms with Gasteiger partial charge in [0.15, 0.2) is 0 Å². The number of hydrogen-bond donors (Lipinski definition) is 1. The molecular weight excluding hydrogens is 825 g/mol. The molecule has 1 aliphatic carbocycles. The van der Waals surface area contributed by atoms with Gasteiger partial charge in [0.25, 0.3) is 0 Å². The number of ketones is 1. The van der Waals surface area contributed by atoms with Crippen molar-refractivity contribution in [3.63, 3.8) is 0 Å². The summed E-state index contributed by atoms with van der Waals surface area (Å²) in [6.45, 7) is 21.0. The van der Waals surface area contributed by atoms with Gasteiger partial charge in [-0.3, -0.25) is 9.79 Å². The number of aryl methyl sites for hydroxylation is 1. The summed E-state index contributed by atoms with van der Waals surface area (Å²) in [4.78, 5) is 30.6. The number of benzene rings is 2. The molecule has 1 amide bonds. The zero-order valence-electron chi connectivity index (χ0n) is 39.5. The van der Waals surface area contributed by atoms with E-state index in [1.165, 1.54) is 27.8 Å². The molecule has 2 aromatic carbocycles. The van der Waals surface area contributed by atoms with E-state index in [1.54, 1.807) is 14.0 Å². The van der Waals surface area contributed by atoms with Gasteiger partial charge in [-0.05, 0) is 73.6 Å². The Morgan fingerprint density at radius 3 is 1.41 bits per heavy atom. The van der Waals surface area contributed by atoms with Crippen molar-refractivity contribution in [2.75, 3.05) is 152 Å². The smallest absolute Gasteiger partial charge is 0.220 e. The molecule has 0 radical (unpaired) electrons. The summed E-state index contributed by atoms with van der Waals surface area (Å²) < 4.78 is 60.0. The summed E-state index contributed by atoms with van der Waals surface area (Å²) in [5.41, 5.74) is 8.60.